The van der Waals surface area contributed by atoms with Crippen molar-refractivity contribution < 1.29 is 0 Å². The van der Waals surface area contributed by atoms with Crippen LogP contribution in [-0.4, -0.2) is 35.0 Å². The van der Waals surface area contributed by atoms with Crippen LogP contribution in [0.1, 0.15) is 34.6 Å². The normalized spacial score (nSPS) is 31.1. The van der Waals surface area contributed by atoms with Crippen molar-refractivity contribution in [1.82, 2.24) is 4.90 Å². The Labute approximate surface area is 93.6 Å². The Morgan fingerprint density at radius 3 is 2.36 bits per heavy atom. The molecule has 0 radical (unpaired) electrons. The van der Waals surface area contributed by atoms with Crippen LogP contribution in [0.2, 0.25) is 0 Å². The lowest BCUT2D eigenvalue weighted by atomic mass is 9.92. The van der Waals surface area contributed by atoms with Crippen LogP contribution in [0, 0.1) is 11.8 Å². The molecule has 1 heterocycles. The number of hydrogen-bond donors (Lipinski definition) is 0. The van der Waals surface area contributed by atoms with Crippen LogP contribution < -0.4 is 0 Å². The first kappa shape index (κ1) is 12.4. The SMILES string of the molecule is CC(C)C1CN(C(C)C)CCS[C@H]1C. The monoisotopic (exact) mass is 215 g/mol. The lowest BCUT2D eigenvalue weighted by molar-refractivity contribution is 0.180. The van der Waals surface area contributed by atoms with Gasteiger partial charge in [0, 0.05) is 30.1 Å². The third-order valence-corrected chi connectivity index (χ3v) is 4.69. The van der Waals surface area contributed by atoms with Crippen LogP contribution in [-0.2, 0) is 0 Å². The third-order valence-electron chi connectivity index (χ3n) is 3.39. The predicted octanol–water partition coefficient (Wildman–Crippen LogP) is 3.10. The Morgan fingerprint density at radius 1 is 1.21 bits per heavy atom. The highest BCUT2D eigenvalue weighted by molar-refractivity contribution is 7.99. The Hall–Kier alpha value is 0.310. The van der Waals surface area contributed by atoms with Crippen LogP contribution in [0.3, 0.4) is 0 Å². The topological polar surface area (TPSA) is 3.24 Å². The Bertz CT molecular complexity index is 168. The molecular weight excluding hydrogens is 190 g/mol. The number of nitrogens with zero attached hydrogens (tertiary/aromatic N) is 1. The molecule has 0 bridgehead atoms. The molecule has 1 nitrogen and oxygen atoms in total. The van der Waals surface area contributed by atoms with Gasteiger partial charge in [0.25, 0.3) is 0 Å². The molecule has 0 amide bonds. The lowest BCUT2D eigenvalue weighted by Crippen LogP contribution is -2.38. The molecule has 1 saturated heterocycles. The summed E-state index contributed by atoms with van der Waals surface area (Å²) in [5, 5.41) is 0.832. The van der Waals surface area contributed by atoms with E-state index in [1.54, 1.807) is 0 Å². The fourth-order valence-electron chi connectivity index (χ4n) is 2.21. The summed E-state index contributed by atoms with van der Waals surface area (Å²) >= 11 is 2.15. The molecule has 1 fully saturated rings. The molecule has 0 aromatic heterocycles. The maximum Gasteiger partial charge on any atom is 0.00753 e. The van der Waals surface area contributed by atoms with Gasteiger partial charge < -0.3 is 0 Å². The molecule has 0 spiro atoms. The molecule has 0 saturated carbocycles. The van der Waals surface area contributed by atoms with Crippen molar-refractivity contribution in [2.24, 2.45) is 11.8 Å². The summed E-state index contributed by atoms with van der Waals surface area (Å²) in [5.41, 5.74) is 0. The molecule has 0 aromatic carbocycles. The van der Waals surface area contributed by atoms with E-state index in [0.717, 1.165) is 17.1 Å². The highest BCUT2D eigenvalue weighted by atomic mass is 32.2. The van der Waals surface area contributed by atoms with Crippen molar-refractivity contribution in [1.29, 1.82) is 0 Å². The molecule has 0 N–H and O–H groups in total. The second-order valence-electron chi connectivity index (χ2n) is 5.07. The van der Waals surface area contributed by atoms with Crippen molar-refractivity contribution in [3.8, 4) is 0 Å². The largest absolute Gasteiger partial charge is 0.300 e. The van der Waals surface area contributed by atoms with Gasteiger partial charge in [0.1, 0.15) is 0 Å². The predicted molar refractivity (Wildman–Crippen MR) is 67.0 cm³/mol. The molecule has 14 heavy (non-hydrogen) atoms. The third kappa shape index (κ3) is 3.16. The van der Waals surface area contributed by atoms with Gasteiger partial charge in [0.2, 0.25) is 0 Å². The Balaban J connectivity index is 2.62. The van der Waals surface area contributed by atoms with E-state index in [0.29, 0.717) is 6.04 Å². The minimum Gasteiger partial charge on any atom is -0.300 e. The molecule has 1 aliphatic heterocycles. The summed E-state index contributed by atoms with van der Waals surface area (Å²) < 4.78 is 0. The molecule has 2 atom stereocenters. The molecule has 0 aliphatic carbocycles. The summed E-state index contributed by atoms with van der Waals surface area (Å²) in [6.07, 6.45) is 0. The van der Waals surface area contributed by atoms with E-state index in [9.17, 15) is 0 Å². The first-order chi connectivity index (χ1) is 6.52. The first-order valence-electron chi connectivity index (χ1n) is 5.88. The van der Waals surface area contributed by atoms with Gasteiger partial charge in [-0.3, -0.25) is 4.90 Å². The van der Waals surface area contributed by atoms with E-state index in [1.807, 2.05) is 0 Å². The molecule has 1 unspecified atom stereocenters. The second-order valence-corrected chi connectivity index (χ2v) is 6.56. The summed E-state index contributed by atoms with van der Waals surface area (Å²) in [6, 6.07) is 0.710. The highest BCUT2D eigenvalue weighted by Crippen LogP contribution is 2.30. The van der Waals surface area contributed by atoms with Gasteiger partial charge in [0.15, 0.2) is 0 Å². The van der Waals surface area contributed by atoms with Crippen molar-refractivity contribution >= 4 is 11.8 Å². The lowest BCUT2D eigenvalue weighted by Gasteiger charge is -2.31. The zero-order chi connectivity index (χ0) is 10.7. The van der Waals surface area contributed by atoms with Crippen molar-refractivity contribution in [3.05, 3.63) is 0 Å². The van der Waals surface area contributed by atoms with Gasteiger partial charge in [-0.15, -0.1) is 0 Å². The zero-order valence-electron chi connectivity index (χ0n) is 10.3. The van der Waals surface area contributed by atoms with Gasteiger partial charge in [0.05, 0.1) is 0 Å². The van der Waals surface area contributed by atoms with Gasteiger partial charge in [-0.1, -0.05) is 20.8 Å². The van der Waals surface area contributed by atoms with E-state index in [-0.39, 0.29) is 0 Å². The van der Waals surface area contributed by atoms with E-state index >= 15 is 0 Å². The first-order valence-corrected chi connectivity index (χ1v) is 6.93. The van der Waals surface area contributed by atoms with Gasteiger partial charge in [-0.05, 0) is 25.7 Å². The number of hydrogen-bond acceptors (Lipinski definition) is 2. The van der Waals surface area contributed by atoms with E-state index in [4.69, 9.17) is 0 Å². The maximum atomic E-state index is 2.64. The molecule has 1 rings (SSSR count). The van der Waals surface area contributed by atoms with Gasteiger partial charge in [-0.2, -0.15) is 11.8 Å². The summed E-state index contributed by atoms with van der Waals surface area (Å²) in [5.74, 6) is 2.99. The fourth-order valence-corrected chi connectivity index (χ4v) is 3.57. The van der Waals surface area contributed by atoms with Crippen molar-refractivity contribution in [3.63, 3.8) is 0 Å². The summed E-state index contributed by atoms with van der Waals surface area (Å²) in [6.45, 7) is 14.3. The average molecular weight is 215 g/mol. The Morgan fingerprint density at radius 2 is 1.86 bits per heavy atom. The van der Waals surface area contributed by atoms with E-state index < -0.39 is 0 Å². The molecule has 1 aliphatic rings. The standard InChI is InChI=1S/C12H25NS/c1-9(2)12-8-13(10(3)4)6-7-14-11(12)5/h9-12H,6-8H2,1-5H3/t11-,12?/m0/s1. The van der Waals surface area contributed by atoms with Crippen LogP contribution in [0.5, 0.6) is 0 Å². The van der Waals surface area contributed by atoms with Crippen LogP contribution in [0.15, 0.2) is 0 Å². The van der Waals surface area contributed by atoms with Crippen LogP contribution >= 0.6 is 11.8 Å². The van der Waals surface area contributed by atoms with Crippen LogP contribution in [0.25, 0.3) is 0 Å². The molecule has 0 aromatic rings. The molecule has 2 heteroatoms. The average Bonchev–Trinajstić information content (AvgIpc) is 2.26. The minimum atomic E-state index is 0.710. The maximum absolute atomic E-state index is 2.64. The van der Waals surface area contributed by atoms with Gasteiger partial charge in [-0.25, -0.2) is 0 Å². The smallest absolute Gasteiger partial charge is 0.00753 e. The number of rotatable bonds is 2. The quantitative estimate of drug-likeness (QED) is 0.696. The van der Waals surface area contributed by atoms with Gasteiger partial charge >= 0.3 is 0 Å². The summed E-state index contributed by atoms with van der Waals surface area (Å²) in [7, 11) is 0. The van der Waals surface area contributed by atoms with E-state index in [1.165, 1.54) is 18.8 Å². The Kier molecular flexibility index (Phi) is 4.78. The highest BCUT2D eigenvalue weighted by Gasteiger charge is 2.27. The van der Waals surface area contributed by atoms with E-state index in [2.05, 4.69) is 51.3 Å². The van der Waals surface area contributed by atoms with Crippen molar-refractivity contribution in [2.75, 3.05) is 18.8 Å². The summed E-state index contributed by atoms with van der Waals surface area (Å²) in [4.78, 5) is 2.64. The fraction of sp³-hybridized carbons (Fsp3) is 1.00. The molecule has 84 valence electrons. The van der Waals surface area contributed by atoms with Crippen molar-refractivity contribution in [2.45, 2.75) is 45.9 Å². The molecular formula is C12H25NS. The minimum absolute atomic E-state index is 0.710. The second kappa shape index (κ2) is 5.41. The number of thioether (sulfide) groups is 1. The van der Waals surface area contributed by atoms with Crippen LogP contribution in [0.4, 0.5) is 0 Å². The zero-order valence-corrected chi connectivity index (χ0v) is 11.1.